The van der Waals surface area contributed by atoms with Crippen LogP contribution in [0, 0.1) is 6.92 Å². The third-order valence-electron chi connectivity index (χ3n) is 1.47. The maximum Gasteiger partial charge on any atom is 0.354 e. The van der Waals surface area contributed by atoms with Crippen molar-refractivity contribution < 1.29 is 9.21 Å². The summed E-state index contributed by atoms with van der Waals surface area (Å²) in [5.41, 5.74) is -0.265. The van der Waals surface area contributed by atoms with E-state index >= 15 is 0 Å². The van der Waals surface area contributed by atoms with Crippen molar-refractivity contribution in [1.29, 1.82) is 0 Å². The molecule has 0 fully saturated rings. The van der Waals surface area contributed by atoms with Gasteiger partial charge >= 0.3 is 5.63 Å². The van der Waals surface area contributed by atoms with Crippen molar-refractivity contribution >= 4 is 17.4 Å². The SMILES string of the molecule is CC(=O)c1cc(Cl)c(=O)oc1C. The summed E-state index contributed by atoms with van der Waals surface area (Å²) in [4.78, 5) is 21.7. The lowest BCUT2D eigenvalue weighted by atomic mass is 10.1. The van der Waals surface area contributed by atoms with Crippen molar-refractivity contribution in [3.63, 3.8) is 0 Å². The smallest absolute Gasteiger partial charge is 0.354 e. The second-order valence-corrected chi connectivity index (χ2v) is 2.82. The molecular weight excluding hydrogens is 180 g/mol. The molecule has 0 amide bonds. The first-order valence-corrected chi connectivity index (χ1v) is 3.71. The van der Waals surface area contributed by atoms with E-state index in [2.05, 4.69) is 0 Å². The number of rotatable bonds is 1. The summed E-state index contributed by atoms with van der Waals surface area (Å²) in [6, 6.07) is 1.32. The summed E-state index contributed by atoms with van der Waals surface area (Å²) in [5, 5.41) is -0.0641. The van der Waals surface area contributed by atoms with E-state index in [-0.39, 0.29) is 10.8 Å². The lowest BCUT2D eigenvalue weighted by Gasteiger charge is -1.98. The molecule has 0 radical (unpaired) electrons. The lowest BCUT2D eigenvalue weighted by molar-refractivity contribution is 0.101. The second-order valence-electron chi connectivity index (χ2n) is 2.41. The Labute approximate surface area is 74.0 Å². The van der Waals surface area contributed by atoms with Crippen LogP contribution in [-0.4, -0.2) is 5.78 Å². The van der Waals surface area contributed by atoms with E-state index in [0.717, 1.165) is 0 Å². The Balaban J connectivity index is 3.43. The molecule has 4 heteroatoms. The number of Topliss-reactive ketones (excluding diaryl/α,β-unsaturated/α-hetero) is 1. The summed E-state index contributed by atoms with van der Waals surface area (Å²) >= 11 is 5.47. The highest BCUT2D eigenvalue weighted by atomic mass is 35.5. The van der Waals surface area contributed by atoms with Crippen LogP contribution < -0.4 is 5.63 Å². The minimum Gasteiger partial charge on any atom is -0.426 e. The van der Waals surface area contributed by atoms with Gasteiger partial charge in [-0.25, -0.2) is 4.79 Å². The molecule has 0 aromatic carbocycles. The number of ketones is 1. The molecule has 64 valence electrons. The van der Waals surface area contributed by atoms with Gasteiger partial charge in [-0.15, -0.1) is 0 Å². The van der Waals surface area contributed by atoms with Crippen LogP contribution in [0.4, 0.5) is 0 Å². The van der Waals surface area contributed by atoms with Gasteiger partial charge in [0.15, 0.2) is 5.78 Å². The monoisotopic (exact) mass is 186 g/mol. The van der Waals surface area contributed by atoms with Gasteiger partial charge in [-0.05, 0) is 19.9 Å². The van der Waals surface area contributed by atoms with E-state index in [9.17, 15) is 9.59 Å². The molecule has 0 spiro atoms. The summed E-state index contributed by atoms with van der Waals surface area (Å²) in [5.74, 6) is 0.134. The van der Waals surface area contributed by atoms with Gasteiger partial charge in [-0.1, -0.05) is 11.6 Å². The fourth-order valence-electron chi connectivity index (χ4n) is 0.880. The standard InChI is InChI=1S/C8H7ClO3/c1-4(10)6-3-7(9)8(11)12-5(6)2/h3H,1-2H3. The number of halogens is 1. The van der Waals surface area contributed by atoms with Crippen molar-refractivity contribution in [2.75, 3.05) is 0 Å². The topological polar surface area (TPSA) is 47.3 Å². The molecule has 0 N–H and O–H groups in total. The van der Waals surface area contributed by atoms with Gasteiger partial charge in [0.05, 0.1) is 5.56 Å². The molecule has 0 bridgehead atoms. The van der Waals surface area contributed by atoms with Crippen LogP contribution in [0.2, 0.25) is 5.02 Å². The molecule has 0 aliphatic rings. The molecule has 0 aliphatic carbocycles. The normalized spacial score (nSPS) is 9.92. The first-order chi connectivity index (χ1) is 5.52. The highest BCUT2D eigenvalue weighted by molar-refractivity contribution is 6.30. The highest BCUT2D eigenvalue weighted by Crippen LogP contribution is 2.11. The quantitative estimate of drug-likeness (QED) is 0.629. The summed E-state index contributed by atoms with van der Waals surface area (Å²) < 4.78 is 4.69. The number of hydrogen-bond acceptors (Lipinski definition) is 3. The van der Waals surface area contributed by atoms with Crippen molar-refractivity contribution in [2.45, 2.75) is 13.8 Å². The number of carbonyl (C=O) groups is 1. The van der Waals surface area contributed by atoms with Crippen molar-refractivity contribution in [3.8, 4) is 0 Å². The van der Waals surface area contributed by atoms with E-state index in [1.54, 1.807) is 6.92 Å². The Morgan fingerprint density at radius 2 is 2.17 bits per heavy atom. The van der Waals surface area contributed by atoms with Gasteiger partial charge in [0, 0.05) is 0 Å². The minimum atomic E-state index is -0.612. The Hall–Kier alpha value is -1.09. The zero-order chi connectivity index (χ0) is 9.30. The predicted octanol–water partition coefficient (Wildman–Crippen LogP) is 1.80. The van der Waals surface area contributed by atoms with E-state index in [4.69, 9.17) is 16.0 Å². The zero-order valence-electron chi connectivity index (χ0n) is 6.68. The molecule has 0 saturated heterocycles. The van der Waals surface area contributed by atoms with E-state index in [1.807, 2.05) is 0 Å². The Morgan fingerprint density at radius 1 is 1.58 bits per heavy atom. The first kappa shape index (κ1) is 9.00. The Morgan fingerprint density at radius 3 is 2.67 bits per heavy atom. The van der Waals surface area contributed by atoms with E-state index in [1.165, 1.54) is 13.0 Å². The number of hydrogen-bond donors (Lipinski definition) is 0. The maximum atomic E-state index is 10.9. The fraction of sp³-hybridized carbons (Fsp3) is 0.250. The van der Waals surface area contributed by atoms with Crippen LogP contribution in [0.5, 0.6) is 0 Å². The highest BCUT2D eigenvalue weighted by Gasteiger charge is 2.09. The van der Waals surface area contributed by atoms with Crippen LogP contribution in [0.1, 0.15) is 23.0 Å². The molecule has 12 heavy (non-hydrogen) atoms. The molecular formula is C8H7ClO3. The molecule has 1 heterocycles. The molecule has 1 rings (SSSR count). The Kier molecular flexibility index (Phi) is 2.33. The van der Waals surface area contributed by atoms with Crippen molar-refractivity contribution in [1.82, 2.24) is 0 Å². The average Bonchev–Trinajstić information content (AvgIpc) is 1.96. The zero-order valence-corrected chi connectivity index (χ0v) is 7.44. The van der Waals surface area contributed by atoms with Gasteiger partial charge in [0.2, 0.25) is 0 Å². The molecule has 0 aliphatic heterocycles. The second kappa shape index (κ2) is 3.11. The van der Waals surface area contributed by atoms with Crippen molar-refractivity contribution in [3.05, 3.63) is 32.8 Å². The Bertz CT molecular complexity index is 378. The van der Waals surface area contributed by atoms with Gasteiger partial charge in [0.1, 0.15) is 10.8 Å². The van der Waals surface area contributed by atoms with Crippen LogP contribution in [0.15, 0.2) is 15.3 Å². The van der Waals surface area contributed by atoms with Crippen LogP contribution in [0.3, 0.4) is 0 Å². The van der Waals surface area contributed by atoms with Crippen molar-refractivity contribution in [2.24, 2.45) is 0 Å². The largest absolute Gasteiger partial charge is 0.426 e. The molecule has 1 aromatic rings. The number of aryl methyl sites for hydroxylation is 1. The maximum absolute atomic E-state index is 10.9. The molecule has 3 nitrogen and oxygen atoms in total. The summed E-state index contributed by atoms with van der Waals surface area (Å²) in [6.07, 6.45) is 0. The van der Waals surface area contributed by atoms with Crippen LogP contribution in [0.25, 0.3) is 0 Å². The van der Waals surface area contributed by atoms with Gasteiger partial charge in [-0.3, -0.25) is 4.79 Å². The van der Waals surface area contributed by atoms with E-state index < -0.39 is 5.63 Å². The van der Waals surface area contributed by atoms with Gasteiger partial charge in [-0.2, -0.15) is 0 Å². The van der Waals surface area contributed by atoms with Crippen LogP contribution in [-0.2, 0) is 0 Å². The van der Waals surface area contributed by atoms with Gasteiger partial charge < -0.3 is 4.42 Å². The molecule has 1 aromatic heterocycles. The molecule has 0 unspecified atom stereocenters. The van der Waals surface area contributed by atoms with Gasteiger partial charge in [0.25, 0.3) is 0 Å². The number of carbonyl (C=O) groups excluding carboxylic acids is 1. The lowest BCUT2D eigenvalue weighted by Crippen LogP contribution is -2.05. The molecule has 0 saturated carbocycles. The fourth-order valence-corrected chi connectivity index (χ4v) is 1.03. The molecule has 0 atom stereocenters. The van der Waals surface area contributed by atoms with Crippen LogP contribution >= 0.6 is 11.6 Å². The predicted molar refractivity (Wildman–Crippen MR) is 44.7 cm³/mol. The first-order valence-electron chi connectivity index (χ1n) is 3.33. The summed E-state index contributed by atoms with van der Waals surface area (Å²) in [6.45, 7) is 2.94. The minimum absolute atomic E-state index is 0.0641. The third-order valence-corrected chi connectivity index (χ3v) is 1.73. The average molecular weight is 187 g/mol. The third kappa shape index (κ3) is 1.56. The van der Waals surface area contributed by atoms with E-state index in [0.29, 0.717) is 11.3 Å². The summed E-state index contributed by atoms with van der Waals surface area (Å²) in [7, 11) is 0.